The smallest absolute Gasteiger partial charge is 0.267 e. The molecule has 5 nitrogen and oxygen atoms in total. The average Bonchev–Trinajstić information content (AvgIpc) is 2.70. The molecule has 2 aromatic carbocycles. The highest BCUT2D eigenvalue weighted by Gasteiger charge is 2.15. The summed E-state index contributed by atoms with van der Waals surface area (Å²) >= 11 is 0. The van der Waals surface area contributed by atoms with Gasteiger partial charge in [0.15, 0.2) is 0 Å². The summed E-state index contributed by atoms with van der Waals surface area (Å²) in [7, 11) is 0. The summed E-state index contributed by atoms with van der Waals surface area (Å²) in [4.78, 5) is 24.7. The normalized spacial score (nSPS) is 11.7. The predicted molar refractivity (Wildman–Crippen MR) is 106 cm³/mol. The number of carbonyl (C=O) groups is 1. The molecule has 0 bridgehead atoms. The van der Waals surface area contributed by atoms with E-state index in [0.717, 1.165) is 24.0 Å². The monoisotopic (exact) mass is 361 g/mol. The molecular formula is C22H23N3O2. The first-order valence-electron chi connectivity index (χ1n) is 9.15. The SMILES string of the molecule is CCCC(NC(=O)Cn1nc(-c2ccccc2)ccc1=O)c1ccccc1. The van der Waals surface area contributed by atoms with Crippen molar-refractivity contribution in [1.29, 1.82) is 0 Å². The molecule has 1 aromatic heterocycles. The number of amides is 1. The highest BCUT2D eigenvalue weighted by molar-refractivity contribution is 5.76. The van der Waals surface area contributed by atoms with E-state index >= 15 is 0 Å². The van der Waals surface area contributed by atoms with Crippen molar-refractivity contribution in [2.24, 2.45) is 0 Å². The lowest BCUT2D eigenvalue weighted by molar-refractivity contribution is -0.122. The van der Waals surface area contributed by atoms with Crippen molar-refractivity contribution in [2.75, 3.05) is 0 Å². The lowest BCUT2D eigenvalue weighted by atomic mass is 10.0. The van der Waals surface area contributed by atoms with Gasteiger partial charge in [-0.25, -0.2) is 4.68 Å². The van der Waals surface area contributed by atoms with Gasteiger partial charge in [0.2, 0.25) is 5.91 Å². The van der Waals surface area contributed by atoms with E-state index in [-0.39, 0.29) is 24.1 Å². The van der Waals surface area contributed by atoms with Crippen molar-refractivity contribution >= 4 is 5.91 Å². The number of hydrogen-bond acceptors (Lipinski definition) is 3. The maximum atomic E-state index is 12.6. The molecular weight excluding hydrogens is 338 g/mol. The van der Waals surface area contributed by atoms with Crippen LogP contribution in [0.5, 0.6) is 0 Å². The second-order valence-corrected chi connectivity index (χ2v) is 6.40. The molecule has 5 heteroatoms. The fraction of sp³-hybridized carbons (Fsp3) is 0.227. The van der Waals surface area contributed by atoms with Crippen LogP contribution in [-0.2, 0) is 11.3 Å². The fourth-order valence-electron chi connectivity index (χ4n) is 3.00. The topological polar surface area (TPSA) is 64.0 Å². The van der Waals surface area contributed by atoms with E-state index < -0.39 is 0 Å². The highest BCUT2D eigenvalue weighted by Crippen LogP contribution is 2.18. The van der Waals surface area contributed by atoms with Gasteiger partial charge in [0, 0.05) is 11.6 Å². The summed E-state index contributed by atoms with van der Waals surface area (Å²) in [6, 6.07) is 22.5. The standard InChI is InChI=1S/C22H23N3O2/c1-2-9-19(17-10-5-3-6-11-17)23-21(26)16-25-22(27)15-14-20(24-25)18-12-7-4-8-13-18/h3-8,10-15,19H,2,9,16H2,1H3,(H,23,26). The average molecular weight is 361 g/mol. The van der Waals surface area contributed by atoms with Gasteiger partial charge in [0.1, 0.15) is 6.54 Å². The first kappa shape index (κ1) is 18.6. The zero-order chi connectivity index (χ0) is 19.1. The molecule has 0 saturated heterocycles. The Morgan fingerprint density at radius 1 is 1.00 bits per heavy atom. The summed E-state index contributed by atoms with van der Waals surface area (Å²) in [6.07, 6.45) is 1.78. The molecule has 0 aliphatic rings. The van der Waals surface area contributed by atoms with E-state index in [1.165, 1.54) is 10.7 Å². The molecule has 27 heavy (non-hydrogen) atoms. The third kappa shape index (κ3) is 4.91. The highest BCUT2D eigenvalue weighted by atomic mass is 16.2. The van der Waals surface area contributed by atoms with E-state index in [0.29, 0.717) is 5.69 Å². The van der Waals surface area contributed by atoms with Crippen LogP contribution in [0, 0.1) is 0 Å². The van der Waals surface area contributed by atoms with Crippen LogP contribution in [0.25, 0.3) is 11.3 Å². The summed E-state index contributed by atoms with van der Waals surface area (Å²) in [5, 5.41) is 7.38. The molecule has 0 aliphatic carbocycles. The third-order valence-corrected chi connectivity index (χ3v) is 4.34. The zero-order valence-electron chi connectivity index (χ0n) is 15.3. The van der Waals surface area contributed by atoms with Gasteiger partial charge in [-0.05, 0) is 18.1 Å². The summed E-state index contributed by atoms with van der Waals surface area (Å²) < 4.78 is 1.21. The molecule has 1 atom stereocenters. The van der Waals surface area contributed by atoms with Crippen molar-refractivity contribution < 1.29 is 4.79 Å². The number of nitrogens with zero attached hydrogens (tertiary/aromatic N) is 2. The number of benzene rings is 2. The fourth-order valence-corrected chi connectivity index (χ4v) is 3.00. The van der Waals surface area contributed by atoms with Crippen molar-refractivity contribution in [2.45, 2.75) is 32.4 Å². The summed E-state index contributed by atoms with van der Waals surface area (Å²) in [5.41, 5.74) is 2.33. The quantitative estimate of drug-likeness (QED) is 0.700. The molecule has 1 unspecified atom stereocenters. The van der Waals surface area contributed by atoms with Crippen LogP contribution in [0.3, 0.4) is 0 Å². The Balaban J connectivity index is 1.76. The van der Waals surface area contributed by atoms with Crippen molar-refractivity contribution in [3.63, 3.8) is 0 Å². The van der Waals surface area contributed by atoms with Gasteiger partial charge in [-0.3, -0.25) is 9.59 Å². The molecule has 3 rings (SSSR count). The Hall–Kier alpha value is -3.21. The maximum Gasteiger partial charge on any atom is 0.267 e. The van der Waals surface area contributed by atoms with Gasteiger partial charge in [0.05, 0.1) is 11.7 Å². The van der Waals surface area contributed by atoms with Crippen LogP contribution in [0.15, 0.2) is 77.6 Å². The molecule has 0 aliphatic heterocycles. The molecule has 1 heterocycles. The molecule has 0 fully saturated rings. The number of aromatic nitrogens is 2. The van der Waals surface area contributed by atoms with Gasteiger partial charge < -0.3 is 5.32 Å². The minimum Gasteiger partial charge on any atom is -0.348 e. The molecule has 1 N–H and O–H groups in total. The Morgan fingerprint density at radius 3 is 2.33 bits per heavy atom. The molecule has 1 amide bonds. The number of hydrogen-bond donors (Lipinski definition) is 1. The van der Waals surface area contributed by atoms with Crippen LogP contribution < -0.4 is 10.9 Å². The van der Waals surface area contributed by atoms with Crippen LogP contribution in [0.4, 0.5) is 0 Å². The van der Waals surface area contributed by atoms with E-state index in [2.05, 4.69) is 17.3 Å². The number of nitrogens with one attached hydrogen (secondary N) is 1. The minimum absolute atomic E-state index is 0.0725. The van der Waals surface area contributed by atoms with Crippen molar-refractivity contribution in [3.8, 4) is 11.3 Å². The van der Waals surface area contributed by atoms with E-state index in [1.807, 2.05) is 60.7 Å². The summed E-state index contributed by atoms with van der Waals surface area (Å²) in [6.45, 7) is 1.98. The van der Waals surface area contributed by atoms with Crippen LogP contribution in [0.2, 0.25) is 0 Å². The Kier molecular flexibility index (Phi) is 6.15. The molecule has 0 spiro atoms. The first-order chi connectivity index (χ1) is 13.2. The van der Waals surface area contributed by atoms with Crippen molar-refractivity contribution in [3.05, 3.63) is 88.7 Å². The summed E-state index contributed by atoms with van der Waals surface area (Å²) in [5.74, 6) is -0.225. The molecule has 0 saturated carbocycles. The first-order valence-corrected chi connectivity index (χ1v) is 9.15. The molecule has 3 aromatic rings. The van der Waals surface area contributed by atoms with Gasteiger partial charge in [-0.1, -0.05) is 74.0 Å². The maximum absolute atomic E-state index is 12.6. The van der Waals surface area contributed by atoms with Gasteiger partial charge in [-0.15, -0.1) is 0 Å². The Morgan fingerprint density at radius 2 is 1.67 bits per heavy atom. The second kappa shape index (κ2) is 8.94. The lowest BCUT2D eigenvalue weighted by Crippen LogP contribution is -2.35. The molecule has 0 radical (unpaired) electrons. The lowest BCUT2D eigenvalue weighted by Gasteiger charge is -2.19. The Bertz CT molecular complexity index is 937. The third-order valence-electron chi connectivity index (χ3n) is 4.34. The van der Waals surface area contributed by atoms with Crippen LogP contribution >= 0.6 is 0 Å². The van der Waals surface area contributed by atoms with E-state index in [9.17, 15) is 9.59 Å². The number of rotatable bonds is 7. The van der Waals surface area contributed by atoms with Gasteiger partial charge in [-0.2, -0.15) is 5.10 Å². The second-order valence-electron chi connectivity index (χ2n) is 6.40. The zero-order valence-corrected chi connectivity index (χ0v) is 15.3. The van der Waals surface area contributed by atoms with Gasteiger partial charge >= 0.3 is 0 Å². The van der Waals surface area contributed by atoms with Crippen molar-refractivity contribution in [1.82, 2.24) is 15.1 Å². The van der Waals surface area contributed by atoms with Crippen LogP contribution in [0.1, 0.15) is 31.4 Å². The Labute approximate surface area is 158 Å². The van der Waals surface area contributed by atoms with E-state index in [1.54, 1.807) is 6.07 Å². The minimum atomic E-state index is -0.295. The van der Waals surface area contributed by atoms with Crippen LogP contribution in [-0.4, -0.2) is 15.7 Å². The number of carbonyl (C=O) groups excluding carboxylic acids is 1. The molecule has 138 valence electrons. The predicted octanol–water partition coefficient (Wildman–Crippen LogP) is 3.57. The van der Waals surface area contributed by atoms with E-state index in [4.69, 9.17) is 0 Å². The van der Waals surface area contributed by atoms with Gasteiger partial charge in [0.25, 0.3) is 5.56 Å². The largest absolute Gasteiger partial charge is 0.348 e.